The zero-order valence-corrected chi connectivity index (χ0v) is 14.5. The third kappa shape index (κ3) is 3.74. The van der Waals surface area contributed by atoms with Gasteiger partial charge in [-0.25, -0.2) is 9.97 Å². The fourth-order valence-electron chi connectivity index (χ4n) is 2.29. The van der Waals surface area contributed by atoms with E-state index in [-0.39, 0.29) is 0 Å². The summed E-state index contributed by atoms with van der Waals surface area (Å²) in [5.74, 6) is -0.250. The number of carboxylic acid groups (broad SMARTS) is 1. The number of nitrogens with one attached hydrogen (secondary N) is 1. The number of carbonyl (C=O) groups excluding carboxylic acids is 1. The lowest BCUT2D eigenvalue weighted by molar-refractivity contribution is -0.307. The van der Waals surface area contributed by atoms with Crippen LogP contribution in [0.4, 0.5) is 5.82 Å². The van der Waals surface area contributed by atoms with Gasteiger partial charge in [0.05, 0.1) is 17.6 Å². The number of ether oxygens (including phenoxy) is 1. The van der Waals surface area contributed by atoms with Gasteiger partial charge < -0.3 is 14.6 Å². The third-order valence-electron chi connectivity index (χ3n) is 3.60. The van der Waals surface area contributed by atoms with E-state index in [1.165, 1.54) is 11.2 Å². The first kappa shape index (κ1) is 16.8. The lowest BCUT2D eigenvalue weighted by Crippen LogP contribution is -2.29. The topological polar surface area (TPSA) is 99.5 Å². The molecule has 0 aliphatic carbocycles. The number of hydrazone groups is 1. The number of aliphatic carboxylic acids is 1. The highest BCUT2D eigenvalue weighted by molar-refractivity contribution is 7.18. The largest absolute Gasteiger partial charge is 0.546 e. The first-order valence-corrected chi connectivity index (χ1v) is 8.29. The van der Waals surface area contributed by atoms with Crippen molar-refractivity contribution in [3.05, 3.63) is 46.6 Å². The standard InChI is InChI=1S/C17H16N4O3S/c1-10-11(2)25-17-15(10)16(18-9-19-17)21-20-7-12-5-3-4-6-13(12)24-8-14(22)23/h3-7,9H,8H2,1-2H3,(H,22,23)(H,18,19,21)/p-1/b20-7-. The summed E-state index contributed by atoms with van der Waals surface area (Å²) in [6.07, 6.45) is 3.04. The minimum Gasteiger partial charge on any atom is -0.546 e. The van der Waals surface area contributed by atoms with Crippen LogP contribution < -0.4 is 15.3 Å². The van der Waals surface area contributed by atoms with Crippen molar-refractivity contribution < 1.29 is 14.6 Å². The number of rotatable bonds is 6. The summed E-state index contributed by atoms with van der Waals surface area (Å²) in [5, 5.41) is 15.7. The van der Waals surface area contributed by atoms with Gasteiger partial charge in [-0.15, -0.1) is 11.3 Å². The molecule has 8 heteroatoms. The smallest absolute Gasteiger partial charge is 0.158 e. The number of carbonyl (C=O) groups is 1. The van der Waals surface area contributed by atoms with Gasteiger partial charge in [0, 0.05) is 10.4 Å². The maximum Gasteiger partial charge on any atom is 0.158 e. The van der Waals surface area contributed by atoms with Crippen molar-refractivity contribution in [1.29, 1.82) is 0 Å². The van der Waals surface area contributed by atoms with Crippen LogP contribution in [0.3, 0.4) is 0 Å². The molecule has 2 aromatic heterocycles. The number of fused-ring (bicyclic) bond motifs is 1. The Morgan fingerprint density at radius 1 is 1.36 bits per heavy atom. The Hall–Kier alpha value is -3.00. The molecule has 0 saturated carbocycles. The molecule has 0 fully saturated rings. The predicted octanol–water partition coefficient (Wildman–Crippen LogP) is 1.88. The first-order chi connectivity index (χ1) is 12.1. The summed E-state index contributed by atoms with van der Waals surface area (Å²) in [7, 11) is 0. The van der Waals surface area contributed by atoms with Crippen LogP contribution >= 0.6 is 11.3 Å². The predicted molar refractivity (Wildman–Crippen MR) is 95.0 cm³/mol. The van der Waals surface area contributed by atoms with E-state index in [2.05, 4.69) is 20.5 Å². The minimum absolute atomic E-state index is 0.410. The number of aromatic nitrogens is 2. The van der Waals surface area contributed by atoms with Crippen LogP contribution in [0.2, 0.25) is 0 Å². The van der Waals surface area contributed by atoms with Gasteiger partial charge in [-0.1, -0.05) is 12.1 Å². The Kier molecular flexibility index (Phi) is 4.90. The Labute approximate surface area is 148 Å². The Balaban J connectivity index is 1.82. The highest BCUT2D eigenvalue weighted by atomic mass is 32.1. The molecule has 0 unspecified atom stereocenters. The molecule has 3 rings (SSSR count). The molecule has 0 spiro atoms. The third-order valence-corrected chi connectivity index (χ3v) is 4.72. The van der Waals surface area contributed by atoms with Crippen molar-refractivity contribution in [3.63, 3.8) is 0 Å². The van der Waals surface area contributed by atoms with Gasteiger partial charge in [0.25, 0.3) is 0 Å². The van der Waals surface area contributed by atoms with E-state index >= 15 is 0 Å². The number of para-hydroxylation sites is 1. The maximum atomic E-state index is 10.5. The number of carboxylic acids is 1. The van der Waals surface area contributed by atoms with Crippen LogP contribution in [0, 0.1) is 13.8 Å². The van der Waals surface area contributed by atoms with Crippen LogP contribution in [-0.4, -0.2) is 28.8 Å². The number of aryl methyl sites for hydroxylation is 2. The number of thiophene rings is 1. The molecule has 0 bridgehead atoms. The van der Waals surface area contributed by atoms with Gasteiger partial charge in [0.15, 0.2) is 5.82 Å². The summed E-state index contributed by atoms with van der Waals surface area (Å²) < 4.78 is 5.19. The molecule has 128 valence electrons. The van der Waals surface area contributed by atoms with E-state index in [1.807, 2.05) is 19.9 Å². The van der Waals surface area contributed by atoms with E-state index in [9.17, 15) is 9.90 Å². The molecule has 25 heavy (non-hydrogen) atoms. The van der Waals surface area contributed by atoms with E-state index in [4.69, 9.17) is 4.74 Å². The number of hydrogen-bond acceptors (Lipinski definition) is 8. The monoisotopic (exact) mass is 355 g/mol. The number of hydrogen-bond donors (Lipinski definition) is 1. The van der Waals surface area contributed by atoms with Crippen LogP contribution in [0.15, 0.2) is 35.7 Å². The Bertz CT molecular complexity index is 952. The second-order valence-corrected chi connectivity index (χ2v) is 6.46. The van der Waals surface area contributed by atoms with Crippen LogP contribution in [0.1, 0.15) is 16.0 Å². The van der Waals surface area contributed by atoms with Gasteiger partial charge in [0.1, 0.15) is 23.5 Å². The van der Waals surface area contributed by atoms with Gasteiger partial charge in [0.2, 0.25) is 0 Å². The first-order valence-electron chi connectivity index (χ1n) is 7.47. The van der Waals surface area contributed by atoms with Gasteiger partial charge >= 0.3 is 0 Å². The molecule has 0 atom stereocenters. The second-order valence-electron chi connectivity index (χ2n) is 5.25. The van der Waals surface area contributed by atoms with Crippen molar-refractivity contribution in [3.8, 4) is 5.75 Å². The molecule has 0 radical (unpaired) electrons. The van der Waals surface area contributed by atoms with Crippen molar-refractivity contribution in [2.45, 2.75) is 13.8 Å². The summed E-state index contributed by atoms with van der Waals surface area (Å²) >= 11 is 1.61. The normalized spacial score (nSPS) is 11.1. The zero-order chi connectivity index (χ0) is 17.8. The van der Waals surface area contributed by atoms with Gasteiger partial charge in [-0.2, -0.15) is 5.10 Å². The maximum absolute atomic E-state index is 10.5. The lowest BCUT2D eigenvalue weighted by atomic mass is 10.2. The van der Waals surface area contributed by atoms with E-state index in [0.29, 0.717) is 17.1 Å². The van der Waals surface area contributed by atoms with Crippen molar-refractivity contribution in [1.82, 2.24) is 9.97 Å². The summed E-state index contributed by atoms with van der Waals surface area (Å²) in [6.45, 7) is 3.55. The number of benzene rings is 1. The molecular weight excluding hydrogens is 340 g/mol. The van der Waals surface area contributed by atoms with Crippen LogP contribution in [-0.2, 0) is 4.79 Å². The SMILES string of the molecule is Cc1sc2ncnc(N/N=C\c3ccccc3OCC(=O)[O-])c2c1C. The molecule has 0 aliphatic heterocycles. The molecule has 0 saturated heterocycles. The van der Waals surface area contributed by atoms with E-state index in [1.54, 1.807) is 35.8 Å². The molecule has 2 heterocycles. The van der Waals surface area contributed by atoms with Gasteiger partial charge in [-0.05, 0) is 31.5 Å². The zero-order valence-electron chi connectivity index (χ0n) is 13.6. The van der Waals surface area contributed by atoms with Crippen molar-refractivity contribution in [2.75, 3.05) is 12.0 Å². The Morgan fingerprint density at radius 3 is 2.96 bits per heavy atom. The number of nitrogens with zero attached hydrogens (tertiary/aromatic N) is 3. The van der Waals surface area contributed by atoms with Crippen LogP contribution in [0.5, 0.6) is 5.75 Å². The average Bonchev–Trinajstić information content (AvgIpc) is 2.89. The highest BCUT2D eigenvalue weighted by Gasteiger charge is 2.11. The number of anilines is 1. The summed E-state index contributed by atoms with van der Waals surface area (Å²) in [6, 6.07) is 6.99. The molecular formula is C17H15N4O3S-. The fourth-order valence-corrected chi connectivity index (χ4v) is 3.28. The Morgan fingerprint density at radius 2 is 2.16 bits per heavy atom. The van der Waals surface area contributed by atoms with E-state index in [0.717, 1.165) is 15.8 Å². The molecule has 1 N–H and O–H groups in total. The summed E-state index contributed by atoms with van der Waals surface area (Å²) in [5.41, 5.74) is 4.68. The second kappa shape index (κ2) is 7.27. The lowest BCUT2D eigenvalue weighted by Gasteiger charge is -2.09. The van der Waals surface area contributed by atoms with Crippen molar-refractivity contribution >= 4 is 39.6 Å². The molecule has 7 nitrogen and oxygen atoms in total. The fraction of sp³-hybridized carbons (Fsp3) is 0.176. The molecule has 1 aromatic carbocycles. The van der Waals surface area contributed by atoms with Crippen LogP contribution in [0.25, 0.3) is 10.2 Å². The molecule has 0 amide bonds. The van der Waals surface area contributed by atoms with E-state index < -0.39 is 12.6 Å². The highest BCUT2D eigenvalue weighted by Crippen LogP contribution is 2.32. The minimum atomic E-state index is -1.28. The molecule has 0 aliphatic rings. The average molecular weight is 355 g/mol. The quantitative estimate of drug-likeness (QED) is 0.535. The molecule has 3 aromatic rings. The summed E-state index contributed by atoms with van der Waals surface area (Å²) in [4.78, 5) is 21.2. The van der Waals surface area contributed by atoms with Crippen molar-refractivity contribution in [2.24, 2.45) is 5.10 Å². The van der Waals surface area contributed by atoms with Gasteiger partial charge in [-0.3, -0.25) is 5.43 Å².